The van der Waals surface area contributed by atoms with Crippen molar-refractivity contribution in [3.8, 4) is 5.88 Å². The largest absolute Gasteiger partial charge is 0.478 e. The number of hydrogen-bond donors (Lipinski definition) is 2. The van der Waals surface area contributed by atoms with E-state index < -0.39 is 0 Å². The fourth-order valence-electron chi connectivity index (χ4n) is 2.22. The normalized spacial score (nSPS) is 23.7. The number of aromatic nitrogens is 2. The van der Waals surface area contributed by atoms with Crippen molar-refractivity contribution in [2.45, 2.75) is 26.7 Å². The third kappa shape index (κ3) is 3.57. The zero-order valence-corrected chi connectivity index (χ0v) is 11.2. The van der Waals surface area contributed by atoms with Crippen molar-refractivity contribution >= 4 is 5.95 Å². The Morgan fingerprint density at radius 1 is 1.56 bits per heavy atom. The summed E-state index contributed by atoms with van der Waals surface area (Å²) in [5, 5.41) is 6.75. The van der Waals surface area contributed by atoms with Gasteiger partial charge in [-0.25, -0.2) is 4.98 Å². The van der Waals surface area contributed by atoms with Gasteiger partial charge in [0.1, 0.15) is 0 Å². The van der Waals surface area contributed by atoms with Crippen LogP contribution in [-0.4, -0.2) is 36.2 Å². The maximum absolute atomic E-state index is 5.36. The first kappa shape index (κ1) is 13.1. The second-order valence-corrected chi connectivity index (χ2v) is 5.10. The van der Waals surface area contributed by atoms with Gasteiger partial charge < -0.3 is 15.4 Å². The molecule has 1 atom stereocenters. The van der Waals surface area contributed by atoms with Gasteiger partial charge in [0.2, 0.25) is 11.8 Å². The predicted octanol–water partition coefficient (Wildman–Crippen LogP) is 1.68. The third-order valence-electron chi connectivity index (χ3n) is 3.28. The summed E-state index contributed by atoms with van der Waals surface area (Å²) < 4.78 is 5.36. The predicted molar refractivity (Wildman–Crippen MR) is 71.9 cm³/mol. The zero-order chi connectivity index (χ0) is 12.8. The highest BCUT2D eigenvalue weighted by Crippen LogP contribution is 2.25. The molecule has 1 aliphatic heterocycles. The number of rotatable bonds is 5. The van der Waals surface area contributed by atoms with Gasteiger partial charge in [-0.3, -0.25) is 0 Å². The van der Waals surface area contributed by atoms with Crippen molar-refractivity contribution in [2.75, 3.05) is 31.6 Å². The lowest BCUT2D eigenvalue weighted by molar-refractivity contribution is 0.253. The lowest BCUT2D eigenvalue weighted by Gasteiger charge is -2.34. The quantitative estimate of drug-likeness (QED) is 0.832. The van der Waals surface area contributed by atoms with Gasteiger partial charge in [0, 0.05) is 25.4 Å². The summed E-state index contributed by atoms with van der Waals surface area (Å²) >= 11 is 0. The van der Waals surface area contributed by atoms with E-state index in [1.165, 1.54) is 12.8 Å². The number of hydrogen-bond acceptors (Lipinski definition) is 5. The minimum Gasteiger partial charge on any atom is -0.478 e. The van der Waals surface area contributed by atoms with E-state index in [1.54, 1.807) is 12.3 Å². The fourth-order valence-corrected chi connectivity index (χ4v) is 2.22. The van der Waals surface area contributed by atoms with Crippen LogP contribution in [0.15, 0.2) is 12.3 Å². The van der Waals surface area contributed by atoms with Crippen LogP contribution in [0.25, 0.3) is 0 Å². The molecular weight excluding hydrogens is 228 g/mol. The summed E-state index contributed by atoms with van der Waals surface area (Å²) in [6, 6.07) is 1.78. The van der Waals surface area contributed by atoms with Crippen molar-refractivity contribution in [1.29, 1.82) is 0 Å². The van der Waals surface area contributed by atoms with E-state index in [2.05, 4.69) is 27.5 Å². The molecule has 1 aliphatic rings. The summed E-state index contributed by atoms with van der Waals surface area (Å²) in [6.07, 6.45) is 4.19. The second-order valence-electron chi connectivity index (χ2n) is 5.10. The average Bonchev–Trinajstić information content (AvgIpc) is 2.38. The Morgan fingerprint density at radius 3 is 3.17 bits per heavy atom. The molecule has 100 valence electrons. The van der Waals surface area contributed by atoms with E-state index in [9.17, 15) is 0 Å². The lowest BCUT2D eigenvalue weighted by atomic mass is 9.83. The topological polar surface area (TPSA) is 59.1 Å². The molecule has 5 nitrogen and oxygen atoms in total. The smallest absolute Gasteiger partial charge is 0.225 e. The van der Waals surface area contributed by atoms with Crippen LogP contribution in [0.2, 0.25) is 0 Å². The van der Waals surface area contributed by atoms with Crippen molar-refractivity contribution in [3.05, 3.63) is 12.3 Å². The van der Waals surface area contributed by atoms with E-state index in [0.717, 1.165) is 19.6 Å². The van der Waals surface area contributed by atoms with E-state index >= 15 is 0 Å². The number of nitrogens with zero attached hydrogens (tertiary/aromatic N) is 2. The molecule has 1 aromatic heterocycles. The average molecular weight is 250 g/mol. The van der Waals surface area contributed by atoms with Crippen LogP contribution >= 0.6 is 0 Å². The number of nitrogens with one attached hydrogen (secondary N) is 2. The van der Waals surface area contributed by atoms with Gasteiger partial charge in [-0.05, 0) is 31.7 Å². The van der Waals surface area contributed by atoms with Gasteiger partial charge in [0.25, 0.3) is 0 Å². The van der Waals surface area contributed by atoms with Crippen LogP contribution in [0.3, 0.4) is 0 Å². The highest BCUT2D eigenvalue weighted by atomic mass is 16.5. The first-order chi connectivity index (χ1) is 8.72. The minimum atomic E-state index is 0.281. The van der Waals surface area contributed by atoms with E-state index in [0.29, 0.717) is 18.4 Å². The first-order valence-corrected chi connectivity index (χ1v) is 6.62. The molecule has 0 spiro atoms. The Morgan fingerprint density at radius 2 is 2.44 bits per heavy atom. The fraction of sp³-hybridized carbons (Fsp3) is 0.692. The van der Waals surface area contributed by atoms with Crippen LogP contribution in [0.4, 0.5) is 5.95 Å². The molecule has 0 saturated carbocycles. The molecular formula is C13H22N4O. The maximum atomic E-state index is 5.36. The van der Waals surface area contributed by atoms with E-state index in [-0.39, 0.29) is 5.41 Å². The van der Waals surface area contributed by atoms with Crippen LogP contribution in [0, 0.1) is 5.41 Å². The van der Waals surface area contributed by atoms with E-state index in [4.69, 9.17) is 4.74 Å². The Bertz CT molecular complexity index is 377. The van der Waals surface area contributed by atoms with E-state index in [1.807, 2.05) is 6.92 Å². The van der Waals surface area contributed by atoms with Crippen molar-refractivity contribution < 1.29 is 4.74 Å². The number of ether oxygens (including phenoxy) is 1. The van der Waals surface area contributed by atoms with Crippen LogP contribution < -0.4 is 15.4 Å². The SMILES string of the molecule is CCOc1ccnc(NCC2(C)CCCNC2)n1. The molecule has 1 unspecified atom stereocenters. The number of anilines is 1. The molecule has 0 aromatic carbocycles. The number of piperidine rings is 1. The summed E-state index contributed by atoms with van der Waals surface area (Å²) in [6.45, 7) is 7.92. The molecule has 0 amide bonds. The van der Waals surface area contributed by atoms with Gasteiger partial charge in [-0.1, -0.05) is 6.92 Å². The Balaban J connectivity index is 1.90. The summed E-state index contributed by atoms with van der Waals surface area (Å²) in [7, 11) is 0. The lowest BCUT2D eigenvalue weighted by Crippen LogP contribution is -2.42. The highest BCUT2D eigenvalue weighted by Gasteiger charge is 2.26. The molecule has 1 aromatic rings. The van der Waals surface area contributed by atoms with Gasteiger partial charge in [-0.2, -0.15) is 4.98 Å². The molecule has 1 saturated heterocycles. The second kappa shape index (κ2) is 6.00. The molecule has 0 aliphatic carbocycles. The summed E-state index contributed by atoms with van der Waals surface area (Å²) in [5.41, 5.74) is 0.281. The Labute approximate surface area is 108 Å². The Hall–Kier alpha value is -1.36. The van der Waals surface area contributed by atoms with Crippen LogP contribution in [0.5, 0.6) is 5.88 Å². The molecule has 2 rings (SSSR count). The third-order valence-corrected chi connectivity index (χ3v) is 3.28. The molecule has 2 N–H and O–H groups in total. The van der Waals surface area contributed by atoms with Crippen LogP contribution in [0.1, 0.15) is 26.7 Å². The summed E-state index contributed by atoms with van der Waals surface area (Å²) in [5.74, 6) is 1.27. The monoisotopic (exact) mass is 250 g/mol. The zero-order valence-electron chi connectivity index (χ0n) is 11.2. The molecule has 5 heteroatoms. The van der Waals surface area contributed by atoms with Gasteiger partial charge >= 0.3 is 0 Å². The van der Waals surface area contributed by atoms with Gasteiger partial charge in [0.05, 0.1) is 6.61 Å². The highest BCUT2D eigenvalue weighted by molar-refractivity contribution is 5.27. The van der Waals surface area contributed by atoms with Gasteiger partial charge in [-0.15, -0.1) is 0 Å². The van der Waals surface area contributed by atoms with Gasteiger partial charge in [0.15, 0.2) is 0 Å². The minimum absolute atomic E-state index is 0.281. The molecule has 1 fully saturated rings. The molecule has 0 radical (unpaired) electrons. The standard InChI is InChI=1S/C13H22N4O/c1-3-18-11-5-8-15-12(17-11)16-10-13(2)6-4-7-14-9-13/h5,8,14H,3-4,6-7,9-10H2,1-2H3,(H,15,16,17). The Kier molecular flexibility index (Phi) is 4.36. The maximum Gasteiger partial charge on any atom is 0.225 e. The molecule has 18 heavy (non-hydrogen) atoms. The summed E-state index contributed by atoms with van der Waals surface area (Å²) in [4.78, 5) is 8.53. The first-order valence-electron chi connectivity index (χ1n) is 6.62. The van der Waals surface area contributed by atoms with Crippen molar-refractivity contribution in [2.24, 2.45) is 5.41 Å². The van der Waals surface area contributed by atoms with Crippen LogP contribution in [-0.2, 0) is 0 Å². The molecule has 0 bridgehead atoms. The molecule has 2 heterocycles. The van der Waals surface area contributed by atoms with Crippen molar-refractivity contribution in [3.63, 3.8) is 0 Å². The van der Waals surface area contributed by atoms with Crippen molar-refractivity contribution in [1.82, 2.24) is 15.3 Å².